The third kappa shape index (κ3) is 2.77. The van der Waals surface area contributed by atoms with Gasteiger partial charge in [-0.2, -0.15) is 13.2 Å². The Morgan fingerprint density at radius 2 is 1.68 bits per heavy atom. The van der Waals surface area contributed by atoms with Crippen molar-refractivity contribution >= 4 is 0 Å². The molecule has 2 aromatic rings. The molecule has 0 saturated heterocycles. The maximum atomic E-state index is 12.5. The molecule has 0 spiro atoms. The third-order valence-electron chi connectivity index (χ3n) is 2.70. The van der Waals surface area contributed by atoms with E-state index in [1.807, 2.05) is 32.9 Å². The highest BCUT2D eigenvalue weighted by molar-refractivity contribution is 5.44. The maximum Gasteiger partial charge on any atom is 0.453 e. The summed E-state index contributed by atoms with van der Waals surface area (Å²) in [5.41, 5.74) is 1.33. The van der Waals surface area contributed by atoms with Gasteiger partial charge in [0.05, 0.1) is 5.69 Å². The monoisotopic (exact) mass is 269 g/mol. The van der Waals surface area contributed by atoms with Crippen LogP contribution in [-0.2, 0) is 11.6 Å². The molecule has 0 N–H and O–H groups in total. The van der Waals surface area contributed by atoms with Crippen LogP contribution in [0.15, 0.2) is 30.6 Å². The van der Waals surface area contributed by atoms with E-state index in [2.05, 4.69) is 10.1 Å². The van der Waals surface area contributed by atoms with Crippen LogP contribution in [0.1, 0.15) is 32.2 Å². The first-order chi connectivity index (χ1) is 8.69. The van der Waals surface area contributed by atoms with Crippen LogP contribution >= 0.6 is 0 Å². The summed E-state index contributed by atoms with van der Waals surface area (Å²) in [6.45, 7) is 5.98. The van der Waals surface area contributed by atoms with Crippen LogP contribution in [0.25, 0.3) is 5.69 Å². The Hall–Kier alpha value is -1.85. The van der Waals surface area contributed by atoms with Crippen LogP contribution in [0.4, 0.5) is 13.2 Å². The minimum absolute atomic E-state index is 0.194. The van der Waals surface area contributed by atoms with Gasteiger partial charge in [-0.05, 0) is 17.0 Å². The van der Waals surface area contributed by atoms with Crippen molar-refractivity contribution in [3.8, 4) is 5.69 Å². The van der Waals surface area contributed by atoms with Crippen LogP contribution < -0.4 is 0 Å². The van der Waals surface area contributed by atoms with Crippen molar-refractivity contribution in [2.45, 2.75) is 32.4 Å². The molecule has 2 rings (SSSR count). The second kappa shape index (κ2) is 4.36. The number of aromatic nitrogens is 3. The molecule has 1 heterocycles. The molecule has 0 amide bonds. The number of benzene rings is 1. The van der Waals surface area contributed by atoms with Crippen molar-refractivity contribution in [2.75, 3.05) is 0 Å². The highest BCUT2D eigenvalue weighted by Crippen LogP contribution is 2.29. The van der Waals surface area contributed by atoms with Crippen LogP contribution in [0, 0.1) is 0 Å². The van der Waals surface area contributed by atoms with Crippen molar-refractivity contribution in [3.63, 3.8) is 0 Å². The van der Waals surface area contributed by atoms with E-state index in [-0.39, 0.29) is 5.41 Å². The molecule has 0 unspecified atom stereocenters. The van der Waals surface area contributed by atoms with Crippen LogP contribution in [-0.4, -0.2) is 14.8 Å². The number of alkyl halides is 3. The average Bonchev–Trinajstić information content (AvgIpc) is 2.76. The summed E-state index contributed by atoms with van der Waals surface area (Å²) in [7, 11) is 0. The molecular formula is C13H14F3N3. The second-order valence-corrected chi connectivity index (χ2v) is 5.28. The number of hydrogen-bond donors (Lipinski definition) is 0. The Bertz CT molecular complexity index is 579. The van der Waals surface area contributed by atoms with Gasteiger partial charge in [-0.25, -0.2) is 9.67 Å². The van der Waals surface area contributed by atoms with E-state index in [0.29, 0.717) is 5.69 Å². The Kier molecular flexibility index (Phi) is 3.12. The molecule has 0 radical (unpaired) electrons. The maximum absolute atomic E-state index is 12.5. The first-order valence-electron chi connectivity index (χ1n) is 5.78. The van der Waals surface area contributed by atoms with Gasteiger partial charge in [0.2, 0.25) is 0 Å². The van der Waals surface area contributed by atoms with E-state index >= 15 is 0 Å². The van der Waals surface area contributed by atoms with Crippen LogP contribution in [0.2, 0.25) is 0 Å². The quantitative estimate of drug-likeness (QED) is 0.792. The summed E-state index contributed by atoms with van der Waals surface area (Å²) < 4.78 is 38.7. The predicted molar refractivity (Wildman–Crippen MR) is 65.1 cm³/mol. The molecule has 0 atom stereocenters. The van der Waals surface area contributed by atoms with Crippen molar-refractivity contribution in [3.05, 3.63) is 42.0 Å². The molecule has 0 aliphatic carbocycles. The summed E-state index contributed by atoms with van der Waals surface area (Å²) in [4.78, 5) is 3.31. The molecular weight excluding hydrogens is 255 g/mol. The molecule has 3 nitrogen and oxygen atoms in total. The van der Waals surface area contributed by atoms with Crippen molar-refractivity contribution < 1.29 is 13.2 Å². The lowest BCUT2D eigenvalue weighted by atomic mass is 9.86. The molecule has 0 aliphatic rings. The van der Waals surface area contributed by atoms with E-state index in [1.54, 1.807) is 12.1 Å². The number of rotatable bonds is 1. The SMILES string of the molecule is CC(C)(C)c1ccccc1-n1cnc(C(F)(F)F)n1. The van der Waals surface area contributed by atoms with Crippen molar-refractivity contribution in [2.24, 2.45) is 0 Å². The van der Waals surface area contributed by atoms with Gasteiger partial charge in [0.1, 0.15) is 6.33 Å². The zero-order valence-corrected chi connectivity index (χ0v) is 10.9. The summed E-state index contributed by atoms with van der Waals surface area (Å²) in [6.07, 6.45) is -3.44. The van der Waals surface area contributed by atoms with Crippen LogP contribution in [0.3, 0.4) is 0 Å². The van der Waals surface area contributed by atoms with Crippen molar-refractivity contribution in [1.29, 1.82) is 0 Å². The van der Waals surface area contributed by atoms with Gasteiger partial charge in [0.15, 0.2) is 0 Å². The Morgan fingerprint density at radius 3 is 2.21 bits per heavy atom. The van der Waals surface area contributed by atoms with E-state index in [0.717, 1.165) is 11.9 Å². The van der Waals surface area contributed by atoms with Gasteiger partial charge in [-0.3, -0.25) is 0 Å². The number of halogens is 3. The van der Waals surface area contributed by atoms with Gasteiger partial charge in [0, 0.05) is 0 Å². The van der Waals surface area contributed by atoms with E-state index in [4.69, 9.17) is 0 Å². The van der Waals surface area contributed by atoms with Crippen LogP contribution in [0.5, 0.6) is 0 Å². The smallest absolute Gasteiger partial charge is 0.220 e. The topological polar surface area (TPSA) is 30.7 Å². The summed E-state index contributed by atoms with van der Waals surface area (Å²) in [5, 5.41) is 3.51. The zero-order valence-electron chi connectivity index (χ0n) is 10.9. The van der Waals surface area contributed by atoms with Gasteiger partial charge in [-0.15, -0.1) is 5.10 Å². The standard InChI is InChI=1S/C13H14F3N3/c1-12(2,3)9-6-4-5-7-10(9)19-8-17-11(18-19)13(14,15)16/h4-8H,1-3H3. The van der Waals surface area contributed by atoms with E-state index in [9.17, 15) is 13.2 Å². The summed E-state index contributed by atoms with van der Waals surface area (Å²) >= 11 is 0. The highest BCUT2D eigenvalue weighted by Gasteiger charge is 2.36. The molecule has 0 bridgehead atoms. The molecule has 1 aromatic carbocycles. The summed E-state index contributed by atoms with van der Waals surface area (Å²) in [6, 6.07) is 7.23. The highest BCUT2D eigenvalue weighted by atomic mass is 19.4. The molecule has 0 fully saturated rings. The normalized spacial score (nSPS) is 12.7. The second-order valence-electron chi connectivity index (χ2n) is 5.28. The number of nitrogens with zero attached hydrogens (tertiary/aromatic N) is 3. The van der Waals surface area contributed by atoms with E-state index in [1.165, 1.54) is 4.68 Å². The molecule has 102 valence electrons. The molecule has 0 aliphatic heterocycles. The number of para-hydroxylation sites is 1. The van der Waals surface area contributed by atoms with E-state index < -0.39 is 12.0 Å². The fourth-order valence-electron chi connectivity index (χ4n) is 1.82. The Morgan fingerprint density at radius 1 is 1.05 bits per heavy atom. The predicted octanol–water partition coefficient (Wildman–Crippen LogP) is 3.58. The number of hydrogen-bond acceptors (Lipinski definition) is 2. The summed E-state index contributed by atoms with van der Waals surface area (Å²) in [5.74, 6) is -1.13. The fourth-order valence-corrected chi connectivity index (χ4v) is 1.82. The lowest BCUT2D eigenvalue weighted by Gasteiger charge is -2.22. The zero-order chi connectivity index (χ0) is 14.3. The minimum atomic E-state index is -4.53. The first kappa shape index (κ1) is 13.6. The largest absolute Gasteiger partial charge is 0.453 e. The molecule has 0 saturated carbocycles. The van der Waals surface area contributed by atoms with Gasteiger partial charge >= 0.3 is 6.18 Å². The fraction of sp³-hybridized carbons (Fsp3) is 0.385. The molecule has 1 aromatic heterocycles. The van der Waals surface area contributed by atoms with Crippen molar-refractivity contribution in [1.82, 2.24) is 14.8 Å². The minimum Gasteiger partial charge on any atom is -0.220 e. The lowest BCUT2D eigenvalue weighted by molar-refractivity contribution is -0.144. The molecule has 19 heavy (non-hydrogen) atoms. The van der Waals surface area contributed by atoms with Gasteiger partial charge < -0.3 is 0 Å². The van der Waals surface area contributed by atoms with Gasteiger partial charge in [0.25, 0.3) is 5.82 Å². The average molecular weight is 269 g/mol. The molecule has 6 heteroatoms. The lowest BCUT2D eigenvalue weighted by Crippen LogP contribution is -2.16. The first-order valence-corrected chi connectivity index (χ1v) is 5.78. The Balaban J connectivity index is 2.52. The Labute approximate surface area is 109 Å². The third-order valence-corrected chi connectivity index (χ3v) is 2.70. The van der Waals surface area contributed by atoms with Gasteiger partial charge in [-0.1, -0.05) is 39.0 Å².